The quantitative estimate of drug-likeness (QED) is 0.743. The third kappa shape index (κ3) is 2.25. The highest BCUT2D eigenvalue weighted by molar-refractivity contribution is 5.92. The Hall–Kier alpha value is -1.97. The van der Waals surface area contributed by atoms with E-state index in [1.807, 2.05) is 19.9 Å². The van der Waals surface area contributed by atoms with E-state index in [2.05, 4.69) is 9.97 Å². The van der Waals surface area contributed by atoms with E-state index >= 15 is 0 Å². The van der Waals surface area contributed by atoms with E-state index in [9.17, 15) is 4.79 Å². The second kappa shape index (κ2) is 4.49. The molecule has 2 rings (SSSR count). The summed E-state index contributed by atoms with van der Waals surface area (Å²) in [7, 11) is 0. The molecule has 0 saturated carbocycles. The molecule has 0 atom stereocenters. The van der Waals surface area contributed by atoms with Gasteiger partial charge in [-0.1, -0.05) is 0 Å². The van der Waals surface area contributed by atoms with Gasteiger partial charge in [0.25, 0.3) is 0 Å². The highest BCUT2D eigenvalue weighted by Gasteiger charge is 2.11. The topological polar surface area (TPSA) is 52.1 Å². The molecular weight excluding hydrogens is 216 g/mol. The van der Waals surface area contributed by atoms with Gasteiger partial charge in [0.15, 0.2) is 0 Å². The van der Waals surface area contributed by atoms with Gasteiger partial charge >= 0.3 is 5.97 Å². The van der Waals surface area contributed by atoms with E-state index in [0.717, 1.165) is 22.2 Å². The number of carbonyl (C=O) groups is 1. The molecule has 17 heavy (non-hydrogen) atoms. The lowest BCUT2D eigenvalue weighted by atomic mass is 10.1. The van der Waals surface area contributed by atoms with Crippen molar-refractivity contribution >= 4 is 16.9 Å². The Labute approximate surface area is 99.7 Å². The summed E-state index contributed by atoms with van der Waals surface area (Å²) in [4.78, 5) is 20.0. The fourth-order valence-electron chi connectivity index (χ4n) is 1.71. The predicted molar refractivity (Wildman–Crippen MR) is 65.0 cm³/mol. The van der Waals surface area contributed by atoms with Gasteiger partial charge in [0.2, 0.25) is 0 Å². The molecular formula is C13H14N2O2. The second-order valence-electron chi connectivity index (χ2n) is 3.89. The van der Waals surface area contributed by atoms with Crippen LogP contribution in [-0.4, -0.2) is 22.5 Å². The molecule has 0 N–H and O–H groups in total. The van der Waals surface area contributed by atoms with Crippen molar-refractivity contribution < 1.29 is 9.53 Å². The van der Waals surface area contributed by atoms with Crippen molar-refractivity contribution in [1.29, 1.82) is 0 Å². The summed E-state index contributed by atoms with van der Waals surface area (Å²) in [5.74, 6) is -0.391. The summed E-state index contributed by atoms with van der Waals surface area (Å²) in [6.45, 7) is 6.00. The average molecular weight is 230 g/mol. The molecule has 0 amide bonds. The SMILES string of the molecule is CCOC(=O)c1cc(C)c2cc(C)ncc2n1. The monoisotopic (exact) mass is 230 g/mol. The van der Waals surface area contributed by atoms with Crippen LogP contribution >= 0.6 is 0 Å². The maximum absolute atomic E-state index is 11.6. The number of nitrogens with zero attached hydrogens (tertiary/aromatic N) is 2. The van der Waals surface area contributed by atoms with Crippen LogP contribution in [0, 0.1) is 13.8 Å². The van der Waals surface area contributed by atoms with E-state index in [1.54, 1.807) is 19.2 Å². The zero-order valence-corrected chi connectivity index (χ0v) is 10.2. The third-order valence-corrected chi connectivity index (χ3v) is 2.52. The maximum Gasteiger partial charge on any atom is 0.356 e. The molecule has 0 unspecified atom stereocenters. The second-order valence-corrected chi connectivity index (χ2v) is 3.89. The average Bonchev–Trinajstić information content (AvgIpc) is 2.30. The number of pyridine rings is 2. The van der Waals surface area contributed by atoms with Gasteiger partial charge in [-0.3, -0.25) is 4.98 Å². The summed E-state index contributed by atoms with van der Waals surface area (Å²) in [5.41, 5.74) is 3.00. The number of carbonyl (C=O) groups excluding carboxylic acids is 1. The lowest BCUT2D eigenvalue weighted by Gasteiger charge is -2.06. The molecule has 0 aliphatic rings. The number of hydrogen-bond donors (Lipinski definition) is 0. The number of aromatic nitrogens is 2. The van der Waals surface area contributed by atoms with Crippen molar-refractivity contribution in [3.05, 3.63) is 35.3 Å². The van der Waals surface area contributed by atoms with Crippen molar-refractivity contribution in [1.82, 2.24) is 9.97 Å². The first kappa shape index (κ1) is 11.5. The van der Waals surface area contributed by atoms with Crippen LogP contribution in [0.4, 0.5) is 0 Å². The van der Waals surface area contributed by atoms with Crippen molar-refractivity contribution in [3.8, 4) is 0 Å². The van der Waals surface area contributed by atoms with E-state index in [1.165, 1.54) is 0 Å². The van der Waals surface area contributed by atoms with E-state index in [0.29, 0.717) is 12.3 Å². The number of fused-ring (bicyclic) bond motifs is 1. The minimum absolute atomic E-state index is 0.336. The minimum Gasteiger partial charge on any atom is -0.461 e. The first-order valence-corrected chi connectivity index (χ1v) is 5.53. The Kier molecular flexibility index (Phi) is 3.04. The Morgan fingerprint density at radius 2 is 2.12 bits per heavy atom. The molecule has 0 aliphatic heterocycles. The first-order chi connectivity index (χ1) is 8.11. The van der Waals surface area contributed by atoms with Crippen LogP contribution in [0.3, 0.4) is 0 Å². The van der Waals surface area contributed by atoms with Crippen LogP contribution in [0.2, 0.25) is 0 Å². The fraction of sp³-hybridized carbons (Fsp3) is 0.308. The number of esters is 1. The molecule has 0 aliphatic carbocycles. The summed E-state index contributed by atoms with van der Waals surface area (Å²) in [6, 6.07) is 3.71. The number of hydrogen-bond acceptors (Lipinski definition) is 4. The van der Waals surface area contributed by atoms with Crippen molar-refractivity contribution in [3.63, 3.8) is 0 Å². The van der Waals surface area contributed by atoms with E-state index in [4.69, 9.17) is 4.74 Å². The van der Waals surface area contributed by atoms with Gasteiger partial charge in [-0.25, -0.2) is 9.78 Å². The lowest BCUT2D eigenvalue weighted by Crippen LogP contribution is -2.07. The fourth-order valence-corrected chi connectivity index (χ4v) is 1.71. The highest BCUT2D eigenvalue weighted by atomic mass is 16.5. The molecule has 2 heterocycles. The molecule has 0 fully saturated rings. The third-order valence-electron chi connectivity index (χ3n) is 2.52. The lowest BCUT2D eigenvalue weighted by molar-refractivity contribution is 0.0520. The van der Waals surface area contributed by atoms with Crippen LogP contribution in [-0.2, 0) is 4.74 Å². The van der Waals surface area contributed by atoms with E-state index in [-0.39, 0.29) is 0 Å². The number of aryl methyl sites for hydroxylation is 2. The highest BCUT2D eigenvalue weighted by Crippen LogP contribution is 2.18. The largest absolute Gasteiger partial charge is 0.461 e. The van der Waals surface area contributed by atoms with Crippen LogP contribution in [0.1, 0.15) is 28.7 Å². The van der Waals surface area contributed by atoms with Gasteiger partial charge in [-0.15, -0.1) is 0 Å². The number of ether oxygens (including phenoxy) is 1. The van der Waals surface area contributed by atoms with E-state index < -0.39 is 5.97 Å². The van der Waals surface area contributed by atoms with Crippen LogP contribution in [0.25, 0.3) is 10.9 Å². The Morgan fingerprint density at radius 3 is 2.82 bits per heavy atom. The normalized spacial score (nSPS) is 10.5. The molecule has 88 valence electrons. The maximum atomic E-state index is 11.6. The molecule has 0 aromatic carbocycles. The molecule has 0 saturated heterocycles. The van der Waals surface area contributed by atoms with Crippen molar-refractivity contribution in [2.24, 2.45) is 0 Å². The Bertz CT molecular complexity index is 579. The van der Waals surface area contributed by atoms with Gasteiger partial charge in [0, 0.05) is 11.1 Å². The summed E-state index contributed by atoms with van der Waals surface area (Å²) < 4.78 is 4.93. The predicted octanol–water partition coefficient (Wildman–Crippen LogP) is 2.42. The summed E-state index contributed by atoms with van der Waals surface area (Å²) >= 11 is 0. The van der Waals surface area contributed by atoms with Gasteiger partial charge in [-0.2, -0.15) is 0 Å². The molecule has 0 radical (unpaired) electrons. The Balaban J connectivity index is 2.56. The molecule has 2 aromatic rings. The Morgan fingerprint density at radius 1 is 1.35 bits per heavy atom. The van der Waals surface area contributed by atoms with Crippen LogP contribution in [0.15, 0.2) is 18.3 Å². The standard InChI is InChI=1S/C13H14N2O2/c1-4-17-13(16)11-5-8(2)10-6-9(3)14-7-12(10)15-11/h5-7H,4H2,1-3H3. The van der Waals surface area contributed by atoms with Crippen molar-refractivity contribution in [2.45, 2.75) is 20.8 Å². The molecule has 2 aromatic heterocycles. The van der Waals surface area contributed by atoms with Crippen LogP contribution in [0.5, 0.6) is 0 Å². The molecule has 0 bridgehead atoms. The van der Waals surface area contributed by atoms with Crippen LogP contribution < -0.4 is 0 Å². The smallest absolute Gasteiger partial charge is 0.356 e. The van der Waals surface area contributed by atoms with Gasteiger partial charge < -0.3 is 4.74 Å². The molecule has 4 nitrogen and oxygen atoms in total. The van der Waals surface area contributed by atoms with Gasteiger partial charge in [-0.05, 0) is 38.5 Å². The zero-order chi connectivity index (χ0) is 12.4. The van der Waals surface area contributed by atoms with Gasteiger partial charge in [0.1, 0.15) is 5.69 Å². The van der Waals surface area contributed by atoms with Gasteiger partial charge in [0.05, 0.1) is 18.3 Å². The summed E-state index contributed by atoms with van der Waals surface area (Å²) in [6.07, 6.45) is 1.68. The zero-order valence-electron chi connectivity index (χ0n) is 10.2. The summed E-state index contributed by atoms with van der Waals surface area (Å²) in [5, 5.41) is 1.02. The first-order valence-electron chi connectivity index (χ1n) is 5.53. The molecule has 4 heteroatoms. The molecule has 0 spiro atoms. The van der Waals surface area contributed by atoms with Crippen molar-refractivity contribution in [2.75, 3.05) is 6.61 Å². The number of rotatable bonds is 2. The minimum atomic E-state index is -0.391.